The highest BCUT2D eigenvalue weighted by Gasteiger charge is 2.17. The molecule has 0 radical (unpaired) electrons. The van der Waals surface area contributed by atoms with E-state index in [1.54, 1.807) is 7.05 Å². The molecule has 1 aliphatic rings. The zero-order chi connectivity index (χ0) is 13.7. The molecule has 20 heavy (non-hydrogen) atoms. The fourth-order valence-corrected chi connectivity index (χ4v) is 2.72. The number of nitrogens with one attached hydrogen (secondary N) is 1. The number of amides is 1. The molecule has 0 bridgehead atoms. The molecule has 4 rings (SSSR count). The van der Waals surface area contributed by atoms with Gasteiger partial charge in [-0.1, -0.05) is 30.4 Å². The van der Waals surface area contributed by atoms with E-state index in [9.17, 15) is 4.79 Å². The SMILES string of the molecule is CNC(=O)Cc1nc2c(cc3c4c(cccc42)C=C3)o1. The number of benzene rings is 2. The van der Waals surface area contributed by atoms with Crippen LogP contribution in [-0.4, -0.2) is 17.9 Å². The normalized spacial score (nSPS) is 12.4. The number of oxazole rings is 1. The Morgan fingerprint density at radius 2 is 2.15 bits per heavy atom. The number of carbonyl (C=O) groups excluding carboxylic acids is 1. The smallest absolute Gasteiger partial charge is 0.229 e. The largest absolute Gasteiger partial charge is 0.440 e. The summed E-state index contributed by atoms with van der Waals surface area (Å²) < 4.78 is 5.71. The Bertz CT molecular complexity index is 890. The molecule has 3 aromatic rings. The fourth-order valence-electron chi connectivity index (χ4n) is 2.72. The van der Waals surface area contributed by atoms with Gasteiger partial charge >= 0.3 is 0 Å². The molecule has 0 aliphatic heterocycles. The summed E-state index contributed by atoms with van der Waals surface area (Å²) in [4.78, 5) is 15.9. The molecule has 0 unspecified atom stereocenters. The monoisotopic (exact) mass is 264 g/mol. The summed E-state index contributed by atoms with van der Waals surface area (Å²) in [6, 6.07) is 8.14. The Labute approximate surface area is 115 Å². The van der Waals surface area contributed by atoms with Crippen LogP contribution in [0.5, 0.6) is 0 Å². The minimum absolute atomic E-state index is 0.103. The predicted molar refractivity (Wildman–Crippen MR) is 78.2 cm³/mol. The summed E-state index contributed by atoms with van der Waals surface area (Å²) in [5, 5.41) is 4.86. The highest BCUT2D eigenvalue weighted by molar-refractivity contribution is 6.14. The second-order valence-electron chi connectivity index (χ2n) is 4.87. The van der Waals surface area contributed by atoms with Gasteiger partial charge in [-0.25, -0.2) is 4.98 Å². The van der Waals surface area contributed by atoms with E-state index in [1.165, 1.54) is 10.9 Å². The molecule has 4 heteroatoms. The van der Waals surface area contributed by atoms with E-state index >= 15 is 0 Å². The lowest BCUT2D eigenvalue weighted by atomic mass is 10.0. The van der Waals surface area contributed by atoms with Crippen LogP contribution in [0, 0.1) is 0 Å². The van der Waals surface area contributed by atoms with Gasteiger partial charge in [0, 0.05) is 12.4 Å². The molecule has 0 saturated heterocycles. The van der Waals surface area contributed by atoms with Crippen LogP contribution in [0.1, 0.15) is 17.0 Å². The van der Waals surface area contributed by atoms with E-state index < -0.39 is 0 Å². The van der Waals surface area contributed by atoms with Crippen molar-refractivity contribution in [2.24, 2.45) is 0 Å². The van der Waals surface area contributed by atoms with Crippen molar-refractivity contribution in [3.8, 4) is 0 Å². The molecule has 2 aromatic carbocycles. The van der Waals surface area contributed by atoms with Gasteiger partial charge in [0.25, 0.3) is 0 Å². The molecule has 0 fully saturated rings. The minimum atomic E-state index is -0.103. The fraction of sp³-hybridized carbons (Fsp3) is 0.125. The van der Waals surface area contributed by atoms with E-state index in [2.05, 4.69) is 28.5 Å². The number of hydrogen-bond donors (Lipinski definition) is 1. The van der Waals surface area contributed by atoms with Crippen molar-refractivity contribution in [2.75, 3.05) is 7.05 Å². The molecular formula is C16H12N2O2. The lowest BCUT2D eigenvalue weighted by Gasteiger charge is -2.01. The Morgan fingerprint density at radius 1 is 1.30 bits per heavy atom. The van der Waals surface area contributed by atoms with Crippen molar-refractivity contribution in [2.45, 2.75) is 6.42 Å². The number of likely N-dealkylation sites (N-methyl/N-ethyl adjacent to an activating group) is 1. The third-order valence-corrected chi connectivity index (χ3v) is 3.66. The molecule has 1 amide bonds. The first-order valence-corrected chi connectivity index (χ1v) is 6.50. The van der Waals surface area contributed by atoms with Gasteiger partial charge < -0.3 is 9.73 Å². The maximum atomic E-state index is 11.4. The molecule has 4 nitrogen and oxygen atoms in total. The lowest BCUT2D eigenvalue weighted by molar-refractivity contribution is -0.120. The highest BCUT2D eigenvalue weighted by Crippen LogP contribution is 2.36. The standard InChI is InChI=1S/C16H12N2O2/c1-17-13(19)8-14-18-16-11-4-2-3-9-5-6-10(15(9)11)7-12(16)20-14/h2-7H,8H2,1H3,(H,17,19). The van der Waals surface area contributed by atoms with Crippen molar-refractivity contribution in [1.82, 2.24) is 10.3 Å². The first-order valence-electron chi connectivity index (χ1n) is 6.50. The van der Waals surface area contributed by atoms with Gasteiger partial charge in [-0.3, -0.25) is 4.79 Å². The minimum Gasteiger partial charge on any atom is -0.440 e. The maximum Gasteiger partial charge on any atom is 0.229 e. The van der Waals surface area contributed by atoms with Crippen molar-refractivity contribution < 1.29 is 9.21 Å². The van der Waals surface area contributed by atoms with Crippen LogP contribution in [0.15, 0.2) is 28.7 Å². The van der Waals surface area contributed by atoms with Crippen LogP contribution < -0.4 is 5.32 Å². The average Bonchev–Trinajstić information content (AvgIpc) is 3.04. The molecule has 98 valence electrons. The molecule has 1 heterocycles. The van der Waals surface area contributed by atoms with E-state index in [1.807, 2.05) is 18.2 Å². The summed E-state index contributed by atoms with van der Waals surface area (Å²) in [5.41, 5.74) is 3.91. The summed E-state index contributed by atoms with van der Waals surface area (Å²) in [6.07, 6.45) is 4.34. The van der Waals surface area contributed by atoms with Crippen LogP contribution in [0.25, 0.3) is 34.0 Å². The number of carbonyl (C=O) groups is 1. The average molecular weight is 264 g/mol. The number of rotatable bonds is 2. The molecule has 0 spiro atoms. The van der Waals surface area contributed by atoms with Crippen LogP contribution in [0.3, 0.4) is 0 Å². The predicted octanol–water partition coefficient (Wildman–Crippen LogP) is 2.75. The third-order valence-electron chi connectivity index (χ3n) is 3.66. The molecule has 1 aromatic heterocycles. The zero-order valence-electron chi connectivity index (χ0n) is 10.9. The number of aromatic nitrogens is 1. The summed E-state index contributed by atoms with van der Waals surface area (Å²) >= 11 is 0. The lowest BCUT2D eigenvalue weighted by Crippen LogP contribution is -2.19. The van der Waals surface area contributed by atoms with Gasteiger partial charge in [0.05, 0.1) is 0 Å². The maximum absolute atomic E-state index is 11.4. The molecule has 0 atom stereocenters. The van der Waals surface area contributed by atoms with E-state index in [-0.39, 0.29) is 12.3 Å². The van der Waals surface area contributed by atoms with Crippen LogP contribution in [0.4, 0.5) is 0 Å². The number of nitrogens with zero attached hydrogens (tertiary/aromatic N) is 1. The van der Waals surface area contributed by atoms with Crippen LogP contribution in [-0.2, 0) is 11.2 Å². The van der Waals surface area contributed by atoms with Crippen LogP contribution >= 0.6 is 0 Å². The highest BCUT2D eigenvalue weighted by atomic mass is 16.3. The molecule has 1 N–H and O–H groups in total. The summed E-state index contributed by atoms with van der Waals surface area (Å²) in [5.74, 6) is 0.349. The molecule has 1 aliphatic carbocycles. The molecular weight excluding hydrogens is 252 g/mol. The van der Waals surface area contributed by atoms with Crippen molar-refractivity contribution in [3.05, 3.63) is 41.3 Å². The summed E-state index contributed by atoms with van der Waals surface area (Å²) in [7, 11) is 1.61. The number of fused-ring (bicyclic) bond motifs is 2. The van der Waals surface area contributed by atoms with Gasteiger partial charge in [0.15, 0.2) is 5.58 Å². The van der Waals surface area contributed by atoms with Gasteiger partial charge in [0.2, 0.25) is 11.8 Å². The topological polar surface area (TPSA) is 55.1 Å². The Hall–Kier alpha value is -2.62. The second kappa shape index (κ2) is 3.93. The van der Waals surface area contributed by atoms with E-state index in [4.69, 9.17) is 4.42 Å². The van der Waals surface area contributed by atoms with E-state index in [0.717, 1.165) is 22.0 Å². The Morgan fingerprint density at radius 3 is 3.00 bits per heavy atom. The zero-order valence-corrected chi connectivity index (χ0v) is 10.9. The van der Waals surface area contributed by atoms with Crippen molar-refractivity contribution in [1.29, 1.82) is 0 Å². The van der Waals surface area contributed by atoms with E-state index in [0.29, 0.717) is 5.89 Å². The summed E-state index contributed by atoms with van der Waals surface area (Å²) in [6.45, 7) is 0. The van der Waals surface area contributed by atoms with Gasteiger partial charge in [-0.05, 0) is 22.6 Å². The molecule has 0 saturated carbocycles. The second-order valence-corrected chi connectivity index (χ2v) is 4.87. The first-order chi connectivity index (χ1) is 9.76. The van der Waals surface area contributed by atoms with Gasteiger partial charge in [-0.2, -0.15) is 0 Å². The van der Waals surface area contributed by atoms with Crippen LogP contribution in [0.2, 0.25) is 0 Å². The number of hydrogen-bond acceptors (Lipinski definition) is 3. The van der Waals surface area contributed by atoms with Gasteiger partial charge in [0.1, 0.15) is 11.9 Å². The van der Waals surface area contributed by atoms with Crippen molar-refractivity contribution >= 4 is 39.9 Å². The Balaban J connectivity index is 1.98. The quantitative estimate of drug-likeness (QED) is 0.605. The Kier molecular flexibility index (Phi) is 2.21. The first kappa shape index (κ1) is 11.2. The van der Waals surface area contributed by atoms with Gasteiger partial charge in [-0.15, -0.1) is 0 Å². The van der Waals surface area contributed by atoms with Crippen molar-refractivity contribution in [3.63, 3.8) is 0 Å². The third kappa shape index (κ3) is 1.48.